The molecule has 1 aromatic rings. The molecule has 1 unspecified atom stereocenters. The van der Waals surface area contributed by atoms with Gasteiger partial charge in [0.1, 0.15) is 85.3 Å². The van der Waals surface area contributed by atoms with Crippen molar-refractivity contribution >= 4 is 23.8 Å². The minimum absolute atomic E-state index is 0.0122. The molecule has 8 rings (SSSR count). The fraction of sp³-hybridized carbons (Fsp3) is 0.769. The third kappa shape index (κ3) is 10.8. The van der Waals surface area contributed by atoms with E-state index in [0.29, 0.717) is 62.5 Å². The molecule has 76 heavy (non-hydrogen) atoms. The first-order chi connectivity index (χ1) is 36.0. The van der Waals surface area contributed by atoms with Crippen molar-refractivity contribution in [1.29, 1.82) is 0 Å². The number of hydrogen-bond donors (Lipinski definition) is 13. The smallest absolute Gasteiger partial charge is 0.328 e. The molecule has 3 heterocycles. The summed E-state index contributed by atoms with van der Waals surface area (Å²) in [6.07, 6.45) is -22.3. The highest BCUT2D eigenvalue weighted by atomic mass is 16.8. The summed E-state index contributed by atoms with van der Waals surface area (Å²) in [5, 5.41) is 122. The second-order valence-corrected chi connectivity index (χ2v) is 22.6. The first-order valence-electron chi connectivity index (χ1n) is 26.2. The van der Waals surface area contributed by atoms with Gasteiger partial charge in [0.2, 0.25) is 11.8 Å². The van der Waals surface area contributed by atoms with E-state index in [0.717, 1.165) is 6.42 Å². The number of aliphatic hydroxyl groups excluding tert-OH is 10. The third-order valence-corrected chi connectivity index (χ3v) is 18.2. The fourth-order valence-corrected chi connectivity index (χ4v) is 14.3. The number of carboxylic acid groups (broad SMARTS) is 1. The Hall–Kier alpha value is -3.80. The van der Waals surface area contributed by atoms with Crippen molar-refractivity contribution < 1.29 is 109 Å². The minimum Gasteiger partial charge on any atom is -0.481 e. The minimum atomic E-state index is -1.97. The zero-order chi connectivity index (χ0) is 55.2. The summed E-state index contributed by atoms with van der Waals surface area (Å²) in [5.74, 6) is -3.66. The van der Waals surface area contributed by atoms with Gasteiger partial charge in [0.15, 0.2) is 18.9 Å². The number of carbonyl (C=O) groups excluding carboxylic acids is 3. The highest BCUT2D eigenvalue weighted by Gasteiger charge is 2.69. The quantitative estimate of drug-likeness (QED) is 0.0407. The number of hydrogen-bond acceptors (Lipinski definition) is 21. The Morgan fingerprint density at radius 1 is 0.697 bits per heavy atom. The first kappa shape index (κ1) is 58.4. The van der Waals surface area contributed by atoms with Crippen molar-refractivity contribution in [3.63, 3.8) is 0 Å². The molecule has 2 bridgehead atoms. The van der Waals surface area contributed by atoms with Gasteiger partial charge >= 0.3 is 11.9 Å². The Labute approximate surface area is 439 Å². The van der Waals surface area contributed by atoms with E-state index in [4.69, 9.17) is 33.2 Å². The van der Waals surface area contributed by atoms with Crippen molar-refractivity contribution in [2.75, 3.05) is 26.9 Å². The molecule has 3 aliphatic heterocycles. The lowest BCUT2D eigenvalue weighted by molar-refractivity contribution is -0.400. The predicted molar refractivity (Wildman–Crippen MR) is 257 cm³/mol. The topological polar surface area (TPSA) is 379 Å². The van der Waals surface area contributed by atoms with Gasteiger partial charge in [-0.2, -0.15) is 0 Å². The van der Waals surface area contributed by atoms with E-state index in [1.165, 1.54) is 7.11 Å². The van der Waals surface area contributed by atoms with Gasteiger partial charge in [0.05, 0.1) is 39.0 Å². The summed E-state index contributed by atoms with van der Waals surface area (Å²) in [7, 11) is 1.18. The van der Waals surface area contributed by atoms with Crippen LogP contribution in [-0.2, 0) is 58.8 Å². The lowest BCUT2D eigenvalue weighted by Gasteiger charge is -2.64. The molecule has 4 saturated carbocycles. The van der Waals surface area contributed by atoms with Crippen LogP contribution in [0.1, 0.15) is 83.6 Å². The first-order valence-corrected chi connectivity index (χ1v) is 26.2. The van der Waals surface area contributed by atoms with Crippen LogP contribution in [0.25, 0.3) is 0 Å². The number of amides is 2. The summed E-state index contributed by atoms with van der Waals surface area (Å²) in [6.45, 7) is 6.10. The van der Waals surface area contributed by atoms with E-state index >= 15 is 0 Å². The van der Waals surface area contributed by atoms with Crippen molar-refractivity contribution in [2.45, 2.75) is 194 Å². The number of rotatable bonds is 18. The number of ether oxygens (including phenoxy) is 7. The van der Waals surface area contributed by atoms with Crippen LogP contribution >= 0.6 is 0 Å². The van der Waals surface area contributed by atoms with Crippen LogP contribution in [0.2, 0.25) is 0 Å². The number of esters is 1. The molecule has 1 spiro atoms. The van der Waals surface area contributed by atoms with Crippen LogP contribution in [-0.4, -0.2) is 217 Å². The molecule has 4 aliphatic carbocycles. The predicted octanol–water partition coefficient (Wildman–Crippen LogP) is -2.60. The molecule has 7 fully saturated rings. The molecule has 426 valence electrons. The Morgan fingerprint density at radius 2 is 1.26 bits per heavy atom. The van der Waals surface area contributed by atoms with Crippen LogP contribution in [0.15, 0.2) is 42.5 Å². The lowest BCUT2D eigenvalue weighted by atomic mass is 9.40. The molecular weight excluding hydrogens is 1000 g/mol. The van der Waals surface area contributed by atoms with Crippen molar-refractivity contribution in [1.82, 2.24) is 10.6 Å². The fourth-order valence-electron chi connectivity index (χ4n) is 14.3. The standard InChI is InChI=1S/C52H76N2O22/c1-24-19-51-15-11-31-49(2,13-8-14-50(31,3)48(69)54-26(18-33(58)59)43(67)53-27(44(68)70-4)17-25-9-6-5-7-10-25)32(51)12-16-52(24,23-51)76-47-42(75-46-40(66)38(64)35(61)29(21-56)72-46)41(36(62)30(22-57)73-47)74-45-39(65)37(63)34(60)28(20-55)71-45/h5-7,9-10,26-32,34-42,45-47,55-57,60-66H,1,8,11-23H2,2-4H3,(H,53,67)(H,54,69)(H,58,59)/t26?,27-,28+,29+,30+,31-,32-,34+,35+,36+,37-,38-,39+,40+,41-,42+,45-,46-,47-,49+,50+,51+,52-/m0/s1. The summed E-state index contributed by atoms with van der Waals surface area (Å²) < 4.78 is 42.0. The average molecular weight is 1080 g/mol. The lowest BCUT2D eigenvalue weighted by Crippen LogP contribution is -2.68. The highest BCUT2D eigenvalue weighted by molar-refractivity contribution is 5.94. The molecule has 24 heteroatoms. The second-order valence-electron chi connectivity index (χ2n) is 22.6. The number of aliphatic hydroxyl groups is 10. The van der Waals surface area contributed by atoms with Gasteiger partial charge in [-0.3, -0.25) is 14.4 Å². The van der Waals surface area contributed by atoms with E-state index in [-0.39, 0.29) is 18.3 Å². The van der Waals surface area contributed by atoms with E-state index < -0.39 is 176 Å². The molecule has 13 N–H and O–H groups in total. The molecule has 0 aromatic heterocycles. The summed E-state index contributed by atoms with van der Waals surface area (Å²) in [4.78, 5) is 53.8. The zero-order valence-electron chi connectivity index (χ0n) is 42.9. The number of methoxy groups -OCH3 is 1. The van der Waals surface area contributed by atoms with Crippen LogP contribution in [0, 0.1) is 28.1 Å². The van der Waals surface area contributed by atoms with E-state index in [9.17, 15) is 75.3 Å². The van der Waals surface area contributed by atoms with Crippen molar-refractivity contribution in [2.24, 2.45) is 28.1 Å². The average Bonchev–Trinajstić information content (AvgIpc) is 3.75. The molecule has 2 amide bonds. The molecular formula is C52H76N2O22. The monoisotopic (exact) mass is 1080 g/mol. The number of aliphatic carboxylic acids is 1. The molecule has 1 aromatic carbocycles. The van der Waals surface area contributed by atoms with E-state index in [1.54, 1.807) is 30.3 Å². The van der Waals surface area contributed by atoms with Gasteiger partial charge in [-0.05, 0) is 85.2 Å². The molecule has 24 nitrogen and oxygen atoms in total. The number of benzene rings is 1. The zero-order valence-corrected chi connectivity index (χ0v) is 42.9. The number of carbonyl (C=O) groups is 4. The van der Waals surface area contributed by atoms with E-state index in [2.05, 4.69) is 24.1 Å². The Morgan fingerprint density at radius 3 is 1.84 bits per heavy atom. The van der Waals surface area contributed by atoms with Crippen LogP contribution in [0.3, 0.4) is 0 Å². The van der Waals surface area contributed by atoms with Gasteiger partial charge in [-0.25, -0.2) is 4.79 Å². The molecule has 0 radical (unpaired) electrons. The summed E-state index contributed by atoms with van der Waals surface area (Å²) in [6, 6.07) is 6.18. The van der Waals surface area contributed by atoms with Crippen molar-refractivity contribution in [3.8, 4) is 0 Å². The number of nitrogens with one attached hydrogen (secondary N) is 2. The van der Waals surface area contributed by atoms with Crippen LogP contribution < -0.4 is 10.6 Å². The van der Waals surface area contributed by atoms with Gasteiger partial charge < -0.3 is 100.0 Å². The van der Waals surface area contributed by atoms with Gasteiger partial charge in [-0.15, -0.1) is 0 Å². The van der Waals surface area contributed by atoms with Crippen LogP contribution in [0.4, 0.5) is 0 Å². The molecule has 7 aliphatic rings. The maximum Gasteiger partial charge on any atom is 0.328 e. The summed E-state index contributed by atoms with van der Waals surface area (Å²) in [5.41, 5.74) is -1.75. The van der Waals surface area contributed by atoms with Gasteiger partial charge in [-0.1, -0.05) is 57.2 Å². The van der Waals surface area contributed by atoms with Gasteiger partial charge in [0.25, 0.3) is 0 Å². The Bertz CT molecular complexity index is 2240. The second kappa shape index (κ2) is 23.1. The summed E-state index contributed by atoms with van der Waals surface area (Å²) >= 11 is 0. The Kier molecular flexibility index (Phi) is 17.7. The third-order valence-electron chi connectivity index (χ3n) is 18.2. The van der Waals surface area contributed by atoms with Gasteiger partial charge in [0, 0.05) is 11.8 Å². The molecule has 23 atom stereocenters. The number of fused-ring (bicyclic) bond motifs is 3. The maximum atomic E-state index is 14.8. The Balaban J connectivity index is 1.04. The normalized spacial score (nSPS) is 43.9. The largest absolute Gasteiger partial charge is 0.481 e. The van der Waals surface area contributed by atoms with Crippen molar-refractivity contribution in [3.05, 3.63) is 48.0 Å². The molecule has 3 saturated heterocycles. The maximum absolute atomic E-state index is 14.8. The van der Waals surface area contributed by atoms with E-state index in [1.807, 2.05) is 6.92 Å². The SMILES string of the molecule is C=C1C[C@@]23CC[C@H]4[C@@](C)(CCC[C@@]4(C)C(=O)NC(CC(=O)O)C(=O)N[C@@H](Cc4ccccc4)C(=O)OC)[C@@H]2CC[C@]1(O[C@@H]1O[C@H](CO)[C@@H](O)[C@H](O[C@@H]2O[C@H](CO)[C@@H](O)[C@H](O)[C@H]2O)[C@H]1O[C@@H]1O[C@H](CO)[C@@H](O)[C@H](O)[C@H]1O)C3. The highest BCUT2D eigenvalue weighted by Crippen LogP contribution is 2.73. The number of carboxylic acids is 1. The van der Waals surface area contributed by atoms with Crippen LogP contribution in [0.5, 0.6) is 0 Å².